The van der Waals surface area contributed by atoms with Gasteiger partial charge in [-0.1, -0.05) is 11.6 Å². The van der Waals surface area contributed by atoms with E-state index in [1.54, 1.807) is 17.2 Å². The molecule has 0 N–H and O–H groups in total. The van der Waals surface area contributed by atoms with Crippen LogP contribution in [0.1, 0.15) is 16.7 Å². The van der Waals surface area contributed by atoms with Crippen molar-refractivity contribution in [1.29, 1.82) is 0 Å². The summed E-state index contributed by atoms with van der Waals surface area (Å²) in [4.78, 5) is 10.4. The van der Waals surface area contributed by atoms with Gasteiger partial charge >= 0.3 is 6.18 Å². The minimum atomic E-state index is -4.67. The normalized spacial score (nSPS) is 15.9. The van der Waals surface area contributed by atoms with Gasteiger partial charge in [0.25, 0.3) is 0 Å². The zero-order valence-corrected chi connectivity index (χ0v) is 15.9. The molecule has 2 aromatic carbocycles. The van der Waals surface area contributed by atoms with Gasteiger partial charge in [-0.25, -0.2) is 9.38 Å². The number of aliphatic imine (C=N–C) groups is 2. The van der Waals surface area contributed by atoms with Gasteiger partial charge in [-0.15, -0.1) is 0 Å². The maximum Gasteiger partial charge on any atom is 0.417 e. The van der Waals surface area contributed by atoms with E-state index in [0.29, 0.717) is 23.8 Å². The molecule has 0 aliphatic carbocycles. The van der Waals surface area contributed by atoms with Gasteiger partial charge in [-0.05, 0) is 36.4 Å². The molecule has 2 aliphatic rings. The van der Waals surface area contributed by atoms with Crippen LogP contribution >= 0.6 is 11.6 Å². The number of methoxy groups -OCH3 is 1. The molecule has 29 heavy (non-hydrogen) atoms. The van der Waals surface area contributed by atoms with Crippen molar-refractivity contribution in [2.45, 2.75) is 6.18 Å². The van der Waals surface area contributed by atoms with Crippen LogP contribution in [-0.4, -0.2) is 31.7 Å². The smallest absolute Gasteiger partial charge is 0.417 e. The van der Waals surface area contributed by atoms with Crippen molar-refractivity contribution in [3.8, 4) is 5.75 Å². The van der Waals surface area contributed by atoms with Crippen LogP contribution in [0.25, 0.3) is 0 Å². The summed E-state index contributed by atoms with van der Waals surface area (Å²) < 4.78 is 60.4. The van der Waals surface area contributed by atoms with E-state index in [1.807, 2.05) is 0 Å². The zero-order valence-electron chi connectivity index (χ0n) is 15.1. The number of amidine groups is 1. The summed E-state index contributed by atoms with van der Waals surface area (Å²) >= 11 is 6.25. The van der Waals surface area contributed by atoms with Crippen LogP contribution in [-0.2, 0) is 6.18 Å². The van der Waals surface area contributed by atoms with Gasteiger partial charge in [0.05, 0.1) is 35.6 Å². The van der Waals surface area contributed by atoms with Crippen LogP contribution in [0.4, 0.5) is 23.2 Å². The van der Waals surface area contributed by atoms with Gasteiger partial charge in [-0.2, -0.15) is 13.2 Å². The maximum atomic E-state index is 14.7. The van der Waals surface area contributed by atoms with Crippen LogP contribution < -0.4 is 9.64 Å². The first kappa shape index (κ1) is 19.4. The zero-order chi connectivity index (χ0) is 20.8. The van der Waals surface area contributed by atoms with E-state index >= 15 is 0 Å². The molecule has 4 rings (SSSR count). The number of hydrogen-bond donors (Lipinski definition) is 0. The van der Waals surface area contributed by atoms with Crippen LogP contribution in [0.2, 0.25) is 5.02 Å². The third-order valence-electron chi connectivity index (χ3n) is 4.69. The van der Waals surface area contributed by atoms with Crippen LogP contribution in [0, 0.1) is 5.82 Å². The number of ether oxygens (including phenoxy) is 1. The highest BCUT2D eigenvalue weighted by molar-refractivity contribution is 6.38. The van der Waals surface area contributed by atoms with Gasteiger partial charge in [0, 0.05) is 23.9 Å². The summed E-state index contributed by atoms with van der Waals surface area (Å²) in [7, 11) is 1.41. The number of rotatable bonds is 2. The highest BCUT2D eigenvalue weighted by Crippen LogP contribution is 2.42. The summed E-state index contributed by atoms with van der Waals surface area (Å²) in [5.41, 5.74) is -0.606. The lowest BCUT2D eigenvalue weighted by Gasteiger charge is -2.27. The second-order valence-electron chi connectivity index (χ2n) is 6.37. The predicted molar refractivity (Wildman–Crippen MR) is 104 cm³/mol. The average Bonchev–Trinajstić information content (AvgIpc) is 2.85. The Balaban J connectivity index is 2.02. The molecule has 0 saturated heterocycles. The fourth-order valence-electron chi connectivity index (χ4n) is 3.33. The fraction of sp³-hybridized carbons (Fsp3) is 0.200. The van der Waals surface area contributed by atoms with Crippen LogP contribution in [0.3, 0.4) is 0 Å². The van der Waals surface area contributed by atoms with Gasteiger partial charge < -0.3 is 9.64 Å². The summed E-state index contributed by atoms with van der Waals surface area (Å²) in [5, 5.41) is -0.535. The Labute approximate surface area is 168 Å². The number of hydrogen-bond acceptors (Lipinski definition) is 4. The first-order valence-corrected chi connectivity index (χ1v) is 8.96. The summed E-state index contributed by atoms with van der Waals surface area (Å²) in [6.45, 7) is 0.444. The molecular weight excluding hydrogens is 410 g/mol. The Morgan fingerprint density at radius 2 is 1.97 bits per heavy atom. The second-order valence-corrected chi connectivity index (χ2v) is 6.75. The predicted octanol–water partition coefficient (Wildman–Crippen LogP) is 5.09. The van der Waals surface area contributed by atoms with E-state index in [4.69, 9.17) is 16.3 Å². The first-order valence-electron chi connectivity index (χ1n) is 8.59. The van der Waals surface area contributed by atoms with Gasteiger partial charge in [-0.3, -0.25) is 4.99 Å². The largest absolute Gasteiger partial charge is 0.497 e. The number of benzene rings is 2. The lowest BCUT2D eigenvalue weighted by atomic mass is 9.96. The topological polar surface area (TPSA) is 37.2 Å². The molecule has 0 atom stereocenters. The third-order valence-corrected chi connectivity index (χ3v) is 5.08. The van der Waals surface area contributed by atoms with Crippen molar-refractivity contribution < 1.29 is 22.3 Å². The van der Waals surface area contributed by atoms with Crippen LogP contribution in [0.5, 0.6) is 5.75 Å². The van der Waals surface area contributed by atoms with Gasteiger partial charge in [0.2, 0.25) is 0 Å². The minimum absolute atomic E-state index is 0.000214. The Hall–Kier alpha value is -2.87. The van der Waals surface area contributed by atoms with E-state index in [2.05, 4.69) is 9.98 Å². The van der Waals surface area contributed by atoms with Gasteiger partial charge in [0.1, 0.15) is 17.4 Å². The van der Waals surface area contributed by atoms with Crippen molar-refractivity contribution in [1.82, 2.24) is 0 Å². The molecule has 0 spiro atoms. The van der Waals surface area contributed by atoms with E-state index in [1.165, 1.54) is 31.4 Å². The lowest BCUT2D eigenvalue weighted by molar-refractivity contribution is -0.137. The van der Waals surface area contributed by atoms with Crippen LogP contribution in [0.15, 0.2) is 52.6 Å². The number of halogens is 5. The highest BCUT2D eigenvalue weighted by Gasteiger charge is 2.37. The molecule has 9 heteroatoms. The Bertz CT molecular complexity index is 1080. The molecule has 0 fully saturated rings. The number of fused-ring (bicyclic) bond motifs is 3. The quantitative estimate of drug-likeness (QED) is 0.631. The molecule has 0 bridgehead atoms. The molecular formula is C20H14ClF4N3O. The van der Waals surface area contributed by atoms with Crippen molar-refractivity contribution in [3.63, 3.8) is 0 Å². The Kier molecular flexibility index (Phi) is 4.82. The fourth-order valence-corrected chi connectivity index (χ4v) is 3.68. The summed E-state index contributed by atoms with van der Waals surface area (Å²) in [6.07, 6.45) is -1.31. The Morgan fingerprint density at radius 3 is 2.69 bits per heavy atom. The van der Waals surface area contributed by atoms with Crippen molar-refractivity contribution >= 4 is 28.8 Å². The third kappa shape index (κ3) is 3.37. The van der Waals surface area contributed by atoms with E-state index in [0.717, 1.165) is 6.07 Å². The van der Waals surface area contributed by atoms with Crippen molar-refractivity contribution in [2.24, 2.45) is 9.98 Å². The minimum Gasteiger partial charge on any atom is -0.497 e. The molecule has 2 aromatic rings. The lowest BCUT2D eigenvalue weighted by Crippen LogP contribution is -2.34. The molecule has 0 aromatic heterocycles. The van der Waals surface area contributed by atoms with Crippen molar-refractivity contribution in [2.75, 3.05) is 25.1 Å². The second kappa shape index (κ2) is 7.18. The SMILES string of the molecule is COc1ccc(F)c(C2=NCC3=NC=CCN3c3ccc(C(F)(F)F)c(Cl)c32)c1. The number of nitrogens with zero attached hydrogens (tertiary/aromatic N) is 3. The molecule has 4 nitrogen and oxygen atoms in total. The monoisotopic (exact) mass is 423 g/mol. The van der Waals surface area contributed by atoms with Gasteiger partial charge in [0.15, 0.2) is 0 Å². The molecule has 0 amide bonds. The maximum absolute atomic E-state index is 14.7. The summed E-state index contributed by atoms with van der Waals surface area (Å²) in [5.74, 6) is 0.224. The molecule has 2 aliphatic heterocycles. The number of alkyl halides is 3. The van der Waals surface area contributed by atoms with Crippen molar-refractivity contribution in [3.05, 3.63) is 70.1 Å². The molecule has 0 unspecified atom stereocenters. The molecule has 2 heterocycles. The first-order chi connectivity index (χ1) is 13.8. The number of anilines is 1. The van der Waals surface area contributed by atoms with E-state index in [-0.39, 0.29) is 23.4 Å². The van der Waals surface area contributed by atoms with E-state index < -0.39 is 22.6 Å². The highest BCUT2D eigenvalue weighted by atomic mass is 35.5. The Morgan fingerprint density at radius 1 is 1.17 bits per heavy atom. The molecule has 0 saturated carbocycles. The standard InChI is InChI=1S/C20H14ClF4N3O/c1-29-11-3-5-14(22)12(9-11)19-17-15(6-4-13(18(17)21)20(23,24)25)28-8-2-7-26-16(28)10-27-19/h2-7,9H,8,10H2,1H3. The van der Waals surface area contributed by atoms with E-state index in [9.17, 15) is 17.6 Å². The molecule has 150 valence electrons. The average molecular weight is 424 g/mol. The molecule has 0 radical (unpaired) electrons. The summed E-state index contributed by atoms with van der Waals surface area (Å²) in [6, 6.07) is 6.22.